The standard InChI is InChI=1S/C24H24F8O6/c1-3-4-12-7-17(26)22(2,18(27)8-12)19(33)37-14-5-6-15(16(25)9-14)13-10-35-21(36-11-13)38-20(34)23(28,29)24(30,31)32/h5-9,13,17,20-21,34H,3-4,10-11H2,1-2H3. The third kappa shape index (κ3) is 6.03. The van der Waals surface area contributed by atoms with Crippen molar-refractivity contribution >= 4 is 5.97 Å². The predicted molar refractivity (Wildman–Crippen MR) is 114 cm³/mol. The maximum absolute atomic E-state index is 14.7. The number of allylic oxidation sites excluding steroid dienone is 3. The number of rotatable bonds is 8. The number of aliphatic hydroxyl groups is 1. The van der Waals surface area contributed by atoms with Crippen LogP contribution in [0.15, 0.2) is 41.8 Å². The lowest BCUT2D eigenvalue weighted by Gasteiger charge is -2.32. The van der Waals surface area contributed by atoms with E-state index in [1.807, 2.05) is 6.92 Å². The Morgan fingerprint density at radius 3 is 2.34 bits per heavy atom. The average molecular weight is 560 g/mol. The third-order valence-corrected chi connectivity index (χ3v) is 6.10. The molecule has 1 fully saturated rings. The number of alkyl halides is 6. The SMILES string of the molecule is CCCC1=CC(F)C(C)(C(=O)Oc2ccc(C3COC(OC(O)C(F)(F)C(F)(F)F)OC3)c(F)c2)C(F)=C1. The van der Waals surface area contributed by atoms with E-state index in [-0.39, 0.29) is 11.3 Å². The molecule has 212 valence electrons. The summed E-state index contributed by atoms with van der Waals surface area (Å²) < 4.78 is 126. The molecule has 14 heteroatoms. The van der Waals surface area contributed by atoms with Crippen LogP contribution in [0, 0.1) is 11.2 Å². The van der Waals surface area contributed by atoms with Crippen molar-refractivity contribution in [1.82, 2.24) is 0 Å². The topological polar surface area (TPSA) is 74.2 Å². The summed E-state index contributed by atoms with van der Waals surface area (Å²) in [4.78, 5) is 12.6. The lowest BCUT2D eigenvalue weighted by molar-refractivity contribution is -0.417. The summed E-state index contributed by atoms with van der Waals surface area (Å²) in [6, 6.07) is 3.04. The number of carbonyl (C=O) groups excluding carboxylic acids is 1. The summed E-state index contributed by atoms with van der Waals surface area (Å²) in [5, 5.41) is 9.07. The first-order chi connectivity index (χ1) is 17.6. The number of hydrogen-bond acceptors (Lipinski definition) is 6. The van der Waals surface area contributed by atoms with Gasteiger partial charge in [-0.15, -0.1) is 0 Å². The molecule has 2 aliphatic rings. The van der Waals surface area contributed by atoms with E-state index >= 15 is 0 Å². The highest BCUT2D eigenvalue weighted by molar-refractivity contribution is 5.83. The Morgan fingerprint density at radius 2 is 1.82 bits per heavy atom. The second-order valence-corrected chi connectivity index (χ2v) is 8.92. The molecule has 0 radical (unpaired) electrons. The van der Waals surface area contributed by atoms with Gasteiger partial charge < -0.3 is 19.3 Å². The highest BCUT2D eigenvalue weighted by atomic mass is 19.4. The zero-order chi connectivity index (χ0) is 28.5. The number of hydrogen-bond donors (Lipinski definition) is 1. The van der Waals surface area contributed by atoms with Gasteiger partial charge in [-0.3, -0.25) is 9.53 Å². The lowest BCUT2D eigenvalue weighted by Crippen LogP contribution is -2.50. The van der Waals surface area contributed by atoms with Gasteiger partial charge in [0, 0.05) is 12.0 Å². The first-order valence-electron chi connectivity index (χ1n) is 11.4. The molecule has 0 bridgehead atoms. The Balaban J connectivity index is 1.62. The minimum atomic E-state index is -6.09. The van der Waals surface area contributed by atoms with Crippen LogP contribution in [-0.2, 0) is 19.0 Å². The Morgan fingerprint density at radius 1 is 1.18 bits per heavy atom. The molecular weight excluding hydrogens is 536 g/mol. The summed E-state index contributed by atoms with van der Waals surface area (Å²) in [5.41, 5.74) is -1.96. The van der Waals surface area contributed by atoms with E-state index in [0.29, 0.717) is 18.4 Å². The zero-order valence-corrected chi connectivity index (χ0v) is 20.0. The minimum Gasteiger partial charge on any atom is -0.426 e. The number of carbonyl (C=O) groups is 1. The van der Waals surface area contributed by atoms with Gasteiger partial charge in [-0.2, -0.15) is 22.0 Å². The van der Waals surface area contributed by atoms with E-state index in [1.54, 1.807) is 0 Å². The van der Waals surface area contributed by atoms with Crippen LogP contribution in [0.5, 0.6) is 5.75 Å². The van der Waals surface area contributed by atoms with E-state index < -0.39 is 73.2 Å². The number of aliphatic hydroxyl groups excluding tert-OH is 1. The summed E-state index contributed by atoms with van der Waals surface area (Å²) in [7, 11) is 0. The van der Waals surface area contributed by atoms with Crippen LogP contribution in [0.3, 0.4) is 0 Å². The van der Waals surface area contributed by atoms with Crippen molar-refractivity contribution in [1.29, 1.82) is 0 Å². The molecule has 1 saturated heterocycles. The lowest BCUT2D eigenvalue weighted by atomic mass is 9.78. The highest BCUT2D eigenvalue weighted by Gasteiger charge is 2.64. The quantitative estimate of drug-likeness (QED) is 0.193. The molecule has 1 N–H and O–H groups in total. The summed E-state index contributed by atoms with van der Waals surface area (Å²) in [6.07, 6.45) is -8.49. The van der Waals surface area contributed by atoms with Gasteiger partial charge in [0.15, 0.2) is 5.41 Å². The normalized spacial score (nSPS) is 27.4. The van der Waals surface area contributed by atoms with Gasteiger partial charge in [-0.25, -0.2) is 13.2 Å². The zero-order valence-electron chi connectivity index (χ0n) is 20.0. The van der Waals surface area contributed by atoms with Crippen molar-refractivity contribution in [3.05, 3.63) is 53.1 Å². The largest absolute Gasteiger partial charge is 0.458 e. The molecule has 1 heterocycles. The molecule has 3 unspecified atom stereocenters. The number of esters is 1. The molecule has 0 spiro atoms. The summed E-state index contributed by atoms with van der Waals surface area (Å²) in [5.74, 6) is -10.1. The van der Waals surface area contributed by atoms with Crippen LogP contribution in [-0.4, -0.2) is 55.3 Å². The molecule has 38 heavy (non-hydrogen) atoms. The van der Waals surface area contributed by atoms with Crippen LogP contribution < -0.4 is 4.74 Å². The van der Waals surface area contributed by atoms with Gasteiger partial charge in [-0.1, -0.05) is 19.4 Å². The van der Waals surface area contributed by atoms with Crippen LogP contribution >= 0.6 is 0 Å². The van der Waals surface area contributed by atoms with E-state index in [0.717, 1.165) is 37.3 Å². The summed E-state index contributed by atoms with van der Waals surface area (Å²) in [6.45, 7) is -0.170. The van der Waals surface area contributed by atoms with Crippen molar-refractivity contribution < 1.29 is 64.0 Å². The third-order valence-electron chi connectivity index (χ3n) is 6.10. The Hall–Kier alpha value is -2.55. The van der Waals surface area contributed by atoms with Crippen molar-refractivity contribution in [2.45, 2.75) is 63.6 Å². The van der Waals surface area contributed by atoms with Crippen molar-refractivity contribution in [2.24, 2.45) is 5.41 Å². The molecule has 0 amide bonds. The second kappa shape index (κ2) is 11.3. The fraction of sp³-hybridized carbons (Fsp3) is 0.542. The number of benzene rings is 1. The predicted octanol–water partition coefficient (Wildman–Crippen LogP) is 5.62. The van der Waals surface area contributed by atoms with Crippen LogP contribution in [0.4, 0.5) is 35.1 Å². The molecule has 6 nitrogen and oxygen atoms in total. The number of halogens is 8. The first kappa shape index (κ1) is 30.0. The molecule has 1 aliphatic heterocycles. The van der Waals surface area contributed by atoms with E-state index in [9.17, 15) is 39.9 Å². The second-order valence-electron chi connectivity index (χ2n) is 8.92. The van der Waals surface area contributed by atoms with Crippen LogP contribution in [0.1, 0.15) is 38.2 Å². The Kier molecular flexibility index (Phi) is 8.91. The highest BCUT2D eigenvalue weighted by Crippen LogP contribution is 2.42. The maximum Gasteiger partial charge on any atom is 0.458 e. The fourth-order valence-corrected chi connectivity index (χ4v) is 3.69. The number of ether oxygens (including phenoxy) is 4. The molecule has 3 atom stereocenters. The van der Waals surface area contributed by atoms with E-state index in [1.165, 1.54) is 0 Å². The van der Waals surface area contributed by atoms with E-state index in [4.69, 9.17) is 19.3 Å². The average Bonchev–Trinajstić information content (AvgIpc) is 2.82. The van der Waals surface area contributed by atoms with Gasteiger partial charge in [0.2, 0.25) is 6.29 Å². The Labute approximate surface area is 211 Å². The van der Waals surface area contributed by atoms with Crippen molar-refractivity contribution in [3.63, 3.8) is 0 Å². The van der Waals surface area contributed by atoms with E-state index in [2.05, 4.69) is 4.74 Å². The van der Waals surface area contributed by atoms with Gasteiger partial charge >= 0.3 is 18.1 Å². The summed E-state index contributed by atoms with van der Waals surface area (Å²) >= 11 is 0. The van der Waals surface area contributed by atoms with Gasteiger partial charge in [-0.05, 0) is 42.7 Å². The monoisotopic (exact) mass is 560 g/mol. The van der Waals surface area contributed by atoms with Gasteiger partial charge in [0.05, 0.1) is 13.2 Å². The van der Waals surface area contributed by atoms with Crippen molar-refractivity contribution in [3.8, 4) is 5.75 Å². The molecule has 1 aromatic rings. The van der Waals surface area contributed by atoms with Crippen molar-refractivity contribution in [2.75, 3.05) is 13.2 Å². The molecule has 1 aromatic carbocycles. The molecule has 3 rings (SSSR count). The minimum absolute atomic E-state index is 0.0742. The fourth-order valence-electron chi connectivity index (χ4n) is 3.69. The molecule has 0 aromatic heterocycles. The maximum atomic E-state index is 14.7. The molecular formula is C24H24F8O6. The van der Waals surface area contributed by atoms with Crippen LogP contribution in [0.25, 0.3) is 0 Å². The Bertz CT molecular complexity index is 1080. The molecule has 1 aliphatic carbocycles. The van der Waals surface area contributed by atoms with Gasteiger partial charge in [0.1, 0.15) is 23.6 Å². The molecule has 0 saturated carbocycles. The first-order valence-corrected chi connectivity index (χ1v) is 11.4. The smallest absolute Gasteiger partial charge is 0.426 e. The van der Waals surface area contributed by atoms with Crippen LogP contribution in [0.2, 0.25) is 0 Å². The van der Waals surface area contributed by atoms with Gasteiger partial charge in [0.25, 0.3) is 6.48 Å².